The molecule has 30 heavy (non-hydrogen) atoms. The number of benzene rings is 1. The van der Waals surface area contributed by atoms with Crippen LogP contribution in [0.2, 0.25) is 0 Å². The molecule has 9 heteroatoms. The van der Waals surface area contributed by atoms with E-state index < -0.39 is 30.9 Å². The van der Waals surface area contributed by atoms with Crippen molar-refractivity contribution >= 4 is 5.97 Å². The van der Waals surface area contributed by atoms with Crippen LogP contribution in [0.3, 0.4) is 0 Å². The Morgan fingerprint density at radius 1 is 1.07 bits per heavy atom. The van der Waals surface area contributed by atoms with Gasteiger partial charge in [0.15, 0.2) is 0 Å². The van der Waals surface area contributed by atoms with Crippen molar-refractivity contribution in [2.24, 2.45) is 0 Å². The maximum atomic E-state index is 12.8. The number of hydrogen-bond donors (Lipinski definition) is 4. The third kappa shape index (κ3) is 14.6. The second-order valence-corrected chi connectivity index (χ2v) is 5.69. The van der Waals surface area contributed by atoms with Crippen molar-refractivity contribution in [3.8, 4) is 17.6 Å². The van der Waals surface area contributed by atoms with Crippen LogP contribution in [0.25, 0.3) is 0 Å². The fourth-order valence-corrected chi connectivity index (χ4v) is 1.80. The van der Waals surface area contributed by atoms with Gasteiger partial charge in [0.05, 0.1) is 6.61 Å². The summed E-state index contributed by atoms with van der Waals surface area (Å²) in [5.74, 6) is 4.26. The molecule has 0 spiro atoms. The molecule has 3 atom stereocenters. The Morgan fingerprint density at radius 2 is 1.73 bits per heavy atom. The predicted octanol–water partition coefficient (Wildman–Crippen LogP) is -1.82. The molecule has 0 aliphatic carbocycles. The third-order valence-electron chi connectivity index (χ3n) is 3.23. The topological polar surface area (TPSA) is 116 Å². The summed E-state index contributed by atoms with van der Waals surface area (Å²) in [4.78, 5) is 10.3. The first-order chi connectivity index (χ1) is 13.9. The van der Waals surface area contributed by atoms with Gasteiger partial charge >= 0.3 is 57.4 Å². The van der Waals surface area contributed by atoms with E-state index in [4.69, 9.17) is 9.84 Å². The van der Waals surface area contributed by atoms with Gasteiger partial charge in [-0.1, -0.05) is 30.1 Å². The van der Waals surface area contributed by atoms with Crippen LogP contribution in [0.15, 0.2) is 60.7 Å². The van der Waals surface area contributed by atoms with Crippen molar-refractivity contribution < 1.29 is 91.9 Å². The first-order valence-corrected chi connectivity index (χ1v) is 8.61. The van der Waals surface area contributed by atoms with Crippen LogP contribution in [0.4, 0.5) is 4.39 Å². The monoisotopic (exact) mass is 446 g/mol. The molecule has 0 bridgehead atoms. The van der Waals surface area contributed by atoms with Crippen LogP contribution in [-0.2, 0) is 9.53 Å². The molecule has 1 rings (SSSR count). The third-order valence-corrected chi connectivity index (χ3v) is 3.23. The minimum absolute atomic E-state index is 0. The van der Waals surface area contributed by atoms with Gasteiger partial charge in [-0.2, -0.15) is 0 Å². The van der Waals surface area contributed by atoms with Gasteiger partial charge in [-0.15, -0.1) is 0 Å². The summed E-state index contributed by atoms with van der Waals surface area (Å²) in [6, 6.07) is 5.44. The number of rotatable bonds is 11. The minimum atomic E-state index is -1.24. The van der Waals surface area contributed by atoms with E-state index in [2.05, 4.69) is 16.6 Å². The van der Waals surface area contributed by atoms with E-state index in [1.54, 1.807) is 0 Å². The van der Waals surface area contributed by atoms with Crippen LogP contribution in [-0.4, -0.2) is 64.5 Å². The molecule has 0 heterocycles. The Hall–Kier alpha value is -1.32. The van der Waals surface area contributed by atoms with Crippen molar-refractivity contribution in [2.45, 2.75) is 18.3 Å². The summed E-state index contributed by atoms with van der Waals surface area (Å²) in [5.41, 5.74) is 0. The summed E-state index contributed by atoms with van der Waals surface area (Å²) < 4.78 is 22.7. The molecule has 0 aliphatic heterocycles. The molecule has 4 N–H and O–H groups in total. The number of allylic oxidation sites excluding steroid dienone is 4. The molecule has 158 valence electrons. The molecule has 0 unspecified atom stereocenters. The molecule has 7 nitrogen and oxygen atoms in total. The fourth-order valence-electron chi connectivity index (χ4n) is 1.80. The van der Waals surface area contributed by atoms with Gasteiger partial charge in [-0.05, 0) is 42.5 Å². The van der Waals surface area contributed by atoms with E-state index in [-0.39, 0.29) is 71.8 Å². The van der Waals surface area contributed by atoms with Gasteiger partial charge in [0, 0.05) is 0 Å². The zero-order valence-electron chi connectivity index (χ0n) is 17.5. The number of hydrogen-bond acceptors (Lipinski definition) is 6. The molecule has 0 amide bonds. The van der Waals surface area contributed by atoms with Gasteiger partial charge < -0.3 is 31.3 Å². The molecule has 0 saturated carbocycles. The smallest absolute Gasteiger partial charge is 1.00 e. The largest absolute Gasteiger partial charge is 1.00 e. The van der Waals surface area contributed by atoms with Crippen LogP contribution < -0.4 is 56.1 Å². The van der Waals surface area contributed by atoms with E-state index >= 15 is 0 Å². The van der Waals surface area contributed by atoms with Crippen LogP contribution in [0, 0.1) is 17.7 Å². The molecule has 0 aliphatic rings. The number of aliphatic carboxylic acids is 1. The van der Waals surface area contributed by atoms with Gasteiger partial charge in [-0.3, -0.25) is 0 Å². The second-order valence-electron chi connectivity index (χ2n) is 5.69. The molecule has 1 aromatic carbocycles. The van der Waals surface area contributed by atoms with Gasteiger partial charge in [0.1, 0.15) is 43.1 Å². The number of carboxylic acids is 1. The average molecular weight is 447 g/mol. The van der Waals surface area contributed by atoms with Crippen LogP contribution in [0.5, 0.6) is 5.75 Å². The van der Waals surface area contributed by atoms with Crippen molar-refractivity contribution in [1.82, 2.24) is 0 Å². The van der Waals surface area contributed by atoms with Gasteiger partial charge in [0.25, 0.3) is 0 Å². The molecule has 0 radical (unpaired) electrons. The van der Waals surface area contributed by atoms with Crippen molar-refractivity contribution in [3.05, 3.63) is 66.5 Å². The zero-order chi connectivity index (χ0) is 21.5. The van der Waals surface area contributed by atoms with Crippen LogP contribution in [0.1, 0.15) is 1.43 Å². The van der Waals surface area contributed by atoms with E-state index in [0.29, 0.717) is 5.75 Å². The summed E-state index contributed by atoms with van der Waals surface area (Å²) in [7, 11) is 0. The fraction of sp³-hybridized carbons (Fsp3) is 0.286. The maximum Gasteiger partial charge on any atom is 1.00 e. The van der Waals surface area contributed by atoms with Crippen molar-refractivity contribution in [2.75, 3.05) is 19.8 Å². The zero-order valence-corrected chi connectivity index (χ0v) is 19.6. The standard InChI is InChI=1S/C21H23FO7.K.H/c22-16-9-11-18(12-10-16)29-13-17(23)7-5-3-1-2-4-6-8-19(24)20(25)14-28-15-21(26)27;;/h2,4-12,17,19-20,23-25H,13-15H2,(H,26,27);;/q;+1;-1/t17-,19+,20+;;/m1../s1. The van der Waals surface area contributed by atoms with Crippen molar-refractivity contribution in [1.29, 1.82) is 0 Å². The Balaban J connectivity index is 0. The second kappa shape index (κ2) is 17.4. The quantitative estimate of drug-likeness (QED) is 0.180. The van der Waals surface area contributed by atoms with Crippen molar-refractivity contribution in [3.63, 3.8) is 0 Å². The predicted molar refractivity (Wildman–Crippen MR) is 105 cm³/mol. The Kier molecular flexibility index (Phi) is 16.6. The number of aliphatic hydroxyl groups excluding tert-OH is 3. The van der Waals surface area contributed by atoms with E-state index in [0.717, 1.165) is 0 Å². The normalized spacial score (nSPS) is 14.1. The maximum absolute atomic E-state index is 12.8. The molecule has 0 fully saturated rings. The Morgan fingerprint density at radius 3 is 2.40 bits per heavy atom. The number of aliphatic hydroxyl groups is 3. The molecule has 1 aromatic rings. The van der Waals surface area contributed by atoms with E-state index in [1.165, 1.54) is 60.7 Å². The summed E-state index contributed by atoms with van der Waals surface area (Å²) >= 11 is 0. The number of ether oxygens (including phenoxy) is 2. The number of carboxylic acid groups (broad SMARTS) is 1. The first-order valence-electron chi connectivity index (χ1n) is 8.61. The summed E-state index contributed by atoms with van der Waals surface area (Å²) in [6.45, 7) is -0.859. The molecular formula is C21H24FKO7. The van der Waals surface area contributed by atoms with E-state index in [9.17, 15) is 24.5 Å². The minimum Gasteiger partial charge on any atom is -1.00 e. The molecule has 0 saturated heterocycles. The number of carbonyl (C=O) groups is 1. The van der Waals surface area contributed by atoms with E-state index in [1.807, 2.05) is 0 Å². The Bertz CT molecular complexity index is 772. The summed E-state index contributed by atoms with van der Waals surface area (Å²) in [5, 5.41) is 37.3. The first kappa shape index (κ1) is 28.7. The SMILES string of the molecule is O=C(O)COC[C@H](O)[C@@H](O)C=CC=CC#CC=C[C@@H](O)COc1ccc(F)cc1.[H-].[K+]. The molecule has 0 aromatic heterocycles. The van der Waals surface area contributed by atoms with Gasteiger partial charge in [0.2, 0.25) is 0 Å². The van der Waals surface area contributed by atoms with Gasteiger partial charge in [-0.25, -0.2) is 9.18 Å². The Labute approximate surface area is 218 Å². The molecular weight excluding hydrogens is 422 g/mol. The van der Waals surface area contributed by atoms with Crippen LogP contribution >= 0.6 is 0 Å². The average Bonchev–Trinajstić information content (AvgIpc) is 2.69. The summed E-state index contributed by atoms with van der Waals surface area (Å²) in [6.07, 6.45) is 5.35. The number of halogens is 1.